The van der Waals surface area contributed by atoms with Crippen LogP contribution in [-0.4, -0.2) is 37.5 Å². The van der Waals surface area contributed by atoms with E-state index in [1.54, 1.807) is 0 Å². The van der Waals surface area contributed by atoms with E-state index in [2.05, 4.69) is 58.4 Å². The van der Waals surface area contributed by atoms with Crippen LogP contribution >= 0.6 is 58.2 Å². The molecule has 0 N–H and O–H groups in total. The van der Waals surface area contributed by atoms with Gasteiger partial charge in [-0.05, 0) is 53.7 Å². The van der Waals surface area contributed by atoms with E-state index >= 15 is 0 Å². The van der Waals surface area contributed by atoms with Crippen molar-refractivity contribution in [3.8, 4) is 0 Å². The summed E-state index contributed by atoms with van der Waals surface area (Å²) in [5.74, 6) is 0. The Bertz CT molecular complexity index is 306. The summed E-state index contributed by atoms with van der Waals surface area (Å²) in [7, 11) is 17.0. The highest BCUT2D eigenvalue weighted by atomic mass is 35.9. The van der Waals surface area contributed by atoms with Gasteiger partial charge in [0.2, 0.25) is 0 Å². The van der Waals surface area contributed by atoms with Crippen LogP contribution in [-0.2, 0) is 0 Å². The Morgan fingerprint density at radius 2 is 1.15 bits per heavy atom. The smallest absolute Gasteiger partial charge is 0.391 e. The first-order valence-corrected chi connectivity index (χ1v) is 16.5. The molecule has 0 aliphatic carbocycles. The summed E-state index contributed by atoms with van der Waals surface area (Å²) in [6.07, 6.45) is 4.59. The Morgan fingerprint density at radius 3 is 1.35 bits per heavy atom. The lowest BCUT2D eigenvalue weighted by Gasteiger charge is -2.39. The molecule has 0 fully saturated rings. The molecule has 0 amide bonds. The lowest BCUT2D eigenvalue weighted by Crippen LogP contribution is -2.39. The van der Waals surface area contributed by atoms with Crippen LogP contribution in [0.1, 0.15) is 41.5 Å². The van der Waals surface area contributed by atoms with E-state index < -0.39 is 16.2 Å². The summed E-state index contributed by atoms with van der Waals surface area (Å²) in [5.41, 5.74) is 1.05. The first-order chi connectivity index (χ1) is 8.81. The molecule has 0 radical (unpaired) electrons. The number of halogens is 5. The SMILES string of the molecule is CC(C)N(C(C)C)[P+]1(Cl)C(C)C=CC1C.[Cl][Al-]([Cl])([Cl])[Cl]. The molecule has 0 spiro atoms. The fourth-order valence-corrected chi connectivity index (χ4v) is 7.78. The van der Waals surface area contributed by atoms with Crippen LogP contribution < -0.4 is 0 Å². The fraction of sp³-hybridized carbons (Fsp3) is 0.833. The zero-order valence-corrected chi connectivity index (χ0v) is 18.7. The van der Waals surface area contributed by atoms with Crippen molar-refractivity contribution in [2.45, 2.75) is 64.9 Å². The number of rotatable bonds is 3. The second kappa shape index (κ2) is 8.82. The van der Waals surface area contributed by atoms with E-state index in [0.29, 0.717) is 23.4 Å². The summed E-state index contributed by atoms with van der Waals surface area (Å²) in [4.78, 5) is 0. The Morgan fingerprint density at radius 1 is 0.900 bits per heavy atom. The van der Waals surface area contributed by atoms with E-state index in [0.717, 1.165) is 0 Å². The number of hydrogen-bond donors (Lipinski definition) is 0. The van der Waals surface area contributed by atoms with Crippen molar-refractivity contribution in [2.75, 3.05) is 0 Å². The van der Waals surface area contributed by atoms with Gasteiger partial charge < -0.3 is 40.2 Å². The predicted molar refractivity (Wildman–Crippen MR) is 102 cm³/mol. The van der Waals surface area contributed by atoms with Gasteiger partial charge in [-0.15, -0.1) is 0 Å². The van der Waals surface area contributed by atoms with Crippen molar-refractivity contribution < 1.29 is 0 Å². The van der Waals surface area contributed by atoms with Crippen LogP contribution in [0.3, 0.4) is 0 Å². The standard InChI is InChI=1S/C12H24ClNP.Al.4ClH/c1-9(2)14(10(3)4)15(13)11(5)7-8-12(15)6;;;;;/h7-12H,1-6H3;;4*1H/q+1;+3;;;;/p-4. The Kier molecular flexibility index (Phi) is 9.75. The molecule has 0 aromatic carbocycles. The monoisotopic (exact) mass is 415 g/mol. The van der Waals surface area contributed by atoms with Gasteiger partial charge >= 0.3 is 9.39 Å². The molecule has 8 heteroatoms. The van der Waals surface area contributed by atoms with Gasteiger partial charge in [0.15, 0.2) is 6.77 Å². The number of nitrogens with zero attached hydrogens (tertiary/aromatic N) is 1. The summed E-state index contributed by atoms with van der Waals surface area (Å²) >= 11 is 7.00. The first-order valence-electron chi connectivity index (χ1n) is 6.74. The number of hydrogen-bond acceptors (Lipinski definition) is 1. The first kappa shape index (κ1) is 22.1. The molecule has 120 valence electrons. The lowest BCUT2D eigenvalue weighted by molar-refractivity contribution is 0.317. The van der Waals surface area contributed by atoms with Gasteiger partial charge in [-0.3, -0.25) is 0 Å². The van der Waals surface area contributed by atoms with Crippen molar-refractivity contribution in [1.82, 2.24) is 4.67 Å². The van der Waals surface area contributed by atoms with Gasteiger partial charge in [-0.25, -0.2) is 0 Å². The van der Waals surface area contributed by atoms with Gasteiger partial charge in [-0.2, -0.15) is 4.67 Å². The summed E-state index contributed by atoms with van der Waals surface area (Å²) < 4.78 is 2.55. The lowest BCUT2D eigenvalue weighted by atomic mass is 10.3. The van der Waals surface area contributed by atoms with Crippen LogP contribution in [0.25, 0.3) is 0 Å². The maximum atomic E-state index is 7.00. The molecule has 0 saturated carbocycles. The van der Waals surface area contributed by atoms with E-state index in [1.165, 1.54) is 0 Å². The quantitative estimate of drug-likeness (QED) is 0.274. The van der Waals surface area contributed by atoms with Crippen molar-refractivity contribution in [3.63, 3.8) is 0 Å². The highest BCUT2D eigenvalue weighted by Crippen LogP contribution is 2.77. The van der Waals surface area contributed by atoms with Crippen LogP contribution in [0, 0.1) is 0 Å². The highest BCUT2D eigenvalue weighted by molar-refractivity contribution is 7.98. The summed E-state index contributed by atoms with van der Waals surface area (Å²) in [5, 5.41) is 0. The third-order valence-corrected chi connectivity index (χ3v) is 9.85. The molecule has 2 unspecified atom stereocenters. The third kappa shape index (κ3) is 6.70. The molecule has 0 aromatic rings. The second-order valence-corrected chi connectivity index (χ2v) is 23.5. The molecule has 1 rings (SSSR count). The highest BCUT2D eigenvalue weighted by Gasteiger charge is 2.56. The molecule has 1 aliphatic rings. The predicted octanol–water partition coefficient (Wildman–Crippen LogP) is 6.92. The van der Waals surface area contributed by atoms with Crippen molar-refractivity contribution in [3.05, 3.63) is 12.2 Å². The maximum Gasteiger partial charge on any atom is 0.564 e. The zero-order valence-electron chi connectivity index (χ0n) is 12.8. The van der Waals surface area contributed by atoms with Gasteiger partial charge in [0.05, 0.1) is 0 Å². The van der Waals surface area contributed by atoms with Crippen LogP contribution in [0.2, 0.25) is 0 Å². The minimum atomic E-state index is -2.94. The third-order valence-electron chi connectivity index (χ3n) is 3.22. The van der Waals surface area contributed by atoms with Crippen molar-refractivity contribution >= 4 is 67.6 Å². The van der Waals surface area contributed by atoms with Crippen molar-refractivity contribution in [2.24, 2.45) is 0 Å². The second-order valence-electron chi connectivity index (χ2n) is 5.58. The molecule has 0 aromatic heterocycles. The fourth-order valence-electron chi connectivity index (χ4n) is 2.66. The largest absolute Gasteiger partial charge is 0.564 e. The molecule has 1 aliphatic heterocycles. The van der Waals surface area contributed by atoms with Gasteiger partial charge in [0.1, 0.15) is 22.6 Å². The minimum Gasteiger partial charge on any atom is -0.391 e. The van der Waals surface area contributed by atoms with E-state index in [9.17, 15) is 0 Å². The molecule has 1 heterocycles. The van der Waals surface area contributed by atoms with Crippen LogP contribution in [0.4, 0.5) is 0 Å². The normalized spacial score (nSPS) is 30.1. The average molecular weight is 418 g/mol. The zero-order chi connectivity index (χ0) is 16.3. The Labute approximate surface area is 148 Å². The van der Waals surface area contributed by atoms with Crippen LogP contribution in [0.15, 0.2) is 12.2 Å². The molecule has 2 atom stereocenters. The molecule has 20 heavy (non-hydrogen) atoms. The van der Waals surface area contributed by atoms with Crippen LogP contribution in [0.5, 0.6) is 0 Å². The van der Waals surface area contributed by atoms with Gasteiger partial charge in [0.25, 0.3) is 0 Å². The van der Waals surface area contributed by atoms with Gasteiger partial charge in [-0.1, -0.05) is 0 Å². The van der Waals surface area contributed by atoms with E-state index in [-0.39, 0.29) is 0 Å². The number of allylic oxidation sites excluding steroid dienone is 2. The van der Waals surface area contributed by atoms with Crippen molar-refractivity contribution in [1.29, 1.82) is 0 Å². The maximum absolute atomic E-state index is 7.00. The molecular formula is C12H24AlCl5NP. The van der Waals surface area contributed by atoms with E-state index in [4.69, 9.17) is 51.4 Å². The molecule has 1 nitrogen and oxygen atoms in total. The molecule has 0 bridgehead atoms. The Balaban J connectivity index is 0.000000621. The summed E-state index contributed by atoms with van der Waals surface area (Å²) in [6.45, 7) is 12.0. The molecule has 0 saturated heterocycles. The Hall–Kier alpha value is 2.11. The summed E-state index contributed by atoms with van der Waals surface area (Å²) in [6, 6.07) is 1.06. The van der Waals surface area contributed by atoms with E-state index in [1.807, 2.05) is 0 Å². The molecular weight excluding hydrogens is 393 g/mol. The topological polar surface area (TPSA) is 3.24 Å². The minimum absolute atomic E-state index is 0.527. The average Bonchev–Trinajstić information content (AvgIpc) is 2.43. The van der Waals surface area contributed by atoms with Gasteiger partial charge in [0, 0.05) is 12.1 Å².